The number of anilines is 1. The third-order valence-electron chi connectivity index (χ3n) is 5.14. The topological polar surface area (TPSA) is 33.5 Å². The molecule has 0 bridgehead atoms. The third kappa shape index (κ3) is 3.04. The first-order chi connectivity index (χ1) is 12.6. The molecule has 3 aromatic rings. The lowest BCUT2D eigenvalue weighted by Gasteiger charge is -2.12. The first-order valence-electron chi connectivity index (χ1n) is 8.67. The molecule has 3 atom stereocenters. The maximum absolute atomic E-state index is 12.9. The fraction of sp³-hybridized carbons (Fsp3) is 0.227. The summed E-state index contributed by atoms with van der Waals surface area (Å²) in [5.41, 5.74) is 3.47. The number of hydrogen-bond acceptors (Lipinski definition) is 3. The smallest absolute Gasteiger partial charge is 0.202 e. The predicted octanol–water partition coefficient (Wildman–Crippen LogP) is 5.38. The third-order valence-corrected chi connectivity index (χ3v) is 5.39. The number of Topliss-reactive ketones (excluding diaryl/α,β-unsaturated/α-hetero) is 1. The summed E-state index contributed by atoms with van der Waals surface area (Å²) in [5, 5.41) is 0.704. The highest BCUT2D eigenvalue weighted by atomic mass is 35.5. The second-order valence-corrected chi connectivity index (χ2v) is 7.39. The number of benzene rings is 2. The van der Waals surface area contributed by atoms with Crippen LogP contribution in [0.1, 0.15) is 33.5 Å². The van der Waals surface area contributed by atoms with Crippen LogP contribution in [-0.2, 0) is 0 Å². The zero-order valence-electron chi connectivity index (χ0n) is 14.7. The summed E-state index contributed by atoms with van der Waals surface area (Å²) >= 11 is 6.03. The van der Waals surface area contributed by atoms with Crippen molar-refractivity contribution in [2.45, 2.75) is 11.8 Å². The zero-order chi connectivity index (χ0) is 18.3. The zero-order valence-corrected chi connectivity index (χ0v) is 15.5. The normalized spacial score (nSPS) is 21.4. The van der Waals surface area contributed by atoms with E-state index in [1.165, 1.54) is 5.56 Å². The molecule has 4 heteroatoms. The molecule has 3 nitrogen and oxygen atoms in total. The molecule has 1 aliphatic rings. The molecule has 1 heterocycles. The van der Waals surface area contributed by atoms with Gasteiger partial charge in [-0.2, -0.15) is 0 Å². The summed E-state index contributed by atoms with van der Waals surface area (Å²) in [6.07, 6.45) is 1.55. The number of carbonyl (C=O) groups is 1. The van der Waals surface area contributed by atoms with Crippen molar-refractivity contribution in [1.82, 2.24) is 0 Å². The van der Waals surface area contributed by atoms with Crippen molar-refractivity contribution in [1.29, 1.82) is 0 Å². The van der Waals surface area contributed by atoms with Crippen LogP contribution in [0.25, 0.3) is 0 Å². The summed E-state index contributed by atoms with van der Waals surface area (Å²) < 4.78 is 5.36. The van der Waals surface area contributed by atoms with Crippen LogP contribution in [0.2, 0.25) is 5.02 Å². The van der Waals surface area contributed by atoms with E-state index in [1.807, 2.05) is 38.4 Å². The number of halogens is 1. The number of ketones is 1. The number of hydrogen-bond donors (Lipinski definition) is 0. The van der Waals surface area contributed by atoms with Crippen molar-refractivity contribution in [3.8, 4) is 0 Å². The van der Waals surface area contributed by atoms with Gasteiger partial charge in [0, 0.05) is 42.6 Å². The van der Waals surface area contributed by atoms with Crippen LogP contribution in [0.3, 0.4) is 0 Å². The minimum absolute atomic E-state index is 0.0663. The molecular weight excluding hydrogens is 346 g/mol. The Balaban J connectivity index is 1.67. The van der Waals surface area contributed by atoms with Gasteiger partial charge in [0.2, 0.25) is 5.78 Å². The SMILES string of the molecule is CN(C)c1ccc([C@@H]2[C@@H](C(=O)c3ccco3)[C@H]2c2ccc(Cl)cc2)cc1. The first kappa shape index (κ1) is 16.9. The fourth-order valence-corrected chi connectivity index (χ4v) is 3.86. The number of carbonyl (C=O) groups excluding carboxylic acids is 1. The van der Waals surface area contributed by atoms with Gasteiger partial charge in [-0.3, -0.25) is 4.79 Å². The van der Waals surface area contributed by atoms with Crippen molar-refractivity contribution in [3.63, 3.8) is 0 Å². The van der Waals surface area contributed by atoms with E-state index in [0.717, 1.165) is 11.3 Å². The van der Waals surface area contributed by atoms with Gasteiger partial charge in [0.1, 0.15) is 0 Å². The lowest BCUT2D eigenvalue weighted by Crippen LogP contribution is -2.08. The summed E-state index contributed by atoms with van der Waals surface area (Å²) in [6, 6.07) is 19.7. The Morgan fingerprint density at radius 2 is 1.50 bits per heavy atom. The van der Waals surface area contributed by atoms with E-state index in [4.69, 9.17) is 16.0 Å². The van der Waals surface area contributed by atoms with Crippen LogP contribution >= 0.6 is 11.6 Å². The summed E-state index contributed by atoms with van der Waals surface area (Å²) in [4.78, 5) is 15.0. The minimum atomic E-state index is -0.104. The number of furan rings is 1. The number of nitrogens with zero attached hydrogens (tertiary/aromatic N) is 1. The second-order valence-electron chi connectivity index (χ2n) is 6.96. The molecule has 1 saturated carbocycles. The summed E-state index contributed by atoms with van der Waals surface area (Å²) in [6.45, 7) is 0. The van der Waals surface area contributed by atoms with E-state index in [1.54, 1.807) is 18.4 Å². The Labute approximate surface area is 158 Å². The van der Waals surface area contributed by atoms with Crippen LogP contribution in [0, 0.1) is 5.92 Å². The molecule has 0 N–H and O–H groups in total. The predicted molar refractivity (Wildman–Crippen MR) is 104 cm³/mol. The maximum atomic E-state index is 12.9. The van der Waals surface area contributed by atoms with Gasteiger partial charge in [-0.25, -0.2) is 0 Å². The minimum Gasteiger partial charge on any atom is -0.461 e. The average molecular weight is 366 g/mol. The molecule has 0 saturated heterocycles. The van der Waals surface area contributed by atoms with Crippen molar-refractivity contribution in [2.24, 2.45) is 5.92 Å². The molecule has 26 heavy (non-hydrogen) atoms. The van der Waals surface area contributed by atoms with Crippen molar-refractivity contribution >= 4 is 23.1 Å². The van der Waals surface area contributed by atoms with E-state index in [0.29, 0.717) is 10.8 Å². The molecule has 4 rings (SSSR count). The lowest BCUT2D eigenvalue weighted by atomic mass is 10.0. The van der Waals surface area contributed by atoms with Gasteiger partial charge >= 0.3 is 0 Å². The maximum Gasteiger partial charge on any atom is 0.202 e. The van der Waals surface area contributed by atoms with Gasteiger partial charge in [0.15, 0.2) is 5.76 Å². The van der Waals surface area contributed by atoms with Crippen molar-refractivity contribution in [2.75, 3.05) is 19.0 Å². The van der Waals surface area contributed by atoms with Gasteiger partial charge in [-0.15, -0.1) is 0 Å². The standard InChI is InChI=1S/C22H20ClNO2/c1-24(2)17-11-7-15(8-12-17)20-19(14-5-9-16(23)10-6-14)21(20)22(25)18-4-3-13-26-18/h3-13,19-21H,1-2H3/t19-,20-,21-/m0/s1. The monoisotopic (exact) mass is 365 g/mol. The van der Waals surface area contributed by atoms with E-state index in [2.05, 4.69) is 29.2 Å². The molecule has 0 radical (unpaired) electrons. The second kappa shape index (κ2) is 6.65. The highest BCUT2D eigenvalue weighted by Gasteiger charge is 2.56. The quantitative estimate of drug-likeness (QED) is 0.569. The molecular formula is C22H20ClNO2. The average Bonchev–Trinajstić information content (AvgIpc) is 3.13. The Morgan fingerprint density at radius 3 is 2.00 bits per heavy atom. The molecule has 2 aromatic carbocycles. The first-order valence-corrected chi connectivity index (χ1v) is 9.04. The fourth-order valence-electron chi connectivity index (χ4n) is 3.73. The summed E-state index contributed by atoms with van der Waals surface area (Å²) in [7, 11) is 4.04. The molecule has 1 fully saturated rings. The van der Waals surface area contributed by atoms with Crippen LogP contribution in [0.15, 0.2) is 71.3 Å². The Hall–Kier alpha value is -2.52. The van der Waals surface area contributed by atoms with E-state index >= 15 is 0 Å². The van der Waals surface area contributed by atoms with Gasteiger partial charge in [-0.05, 0) is 47.5 Å². The van der Waals surface area contributed by atoms with E-state index in [9.17, 15) is 4.79 Å². The van der Waals surface area contributed by atoms with Crippen LogP contribution in [0.4, 0.5) is 5.69 Å². The molecule has 0 spiro atoms. The van der Waals surface area contributed by atoms with Crippen molar-refractivity contribution < 1.29 is 9.21 Å². The molecule has 0 aliphatic heterocycles. The van der Waals surface area contributed by atoms with Crippen LogP contribution < -0.4 is 4.90 Å². The van der Waals surface area contributed by atoms with Crippen LogP contribution in [0.5, 0.6) is 0 Å². The highest BCUT2D eigenvalue weighted by Crippen LogP contribution is 2.61. The highest BCUT2D eigenvalue weighted by molar-refractivity contribution is 6.30. The van der Waals surface area contributed by atoms with Gasteiger partial charge in [0.25, 0.3) is 0 Å². The van der Waals surface area contributed by atoms with Gasteiger partial charge < -0.3 is 9.32 Å². The Morgan fingerprint density at radius 1 is 0.923 bits per heavy atom. The van der Waals surface area contributed by atoms with Gasteiger partial charge in [0.05, 0.1) is 6.26 Å². The molecule has 1 aliphatic carbocycles. The summed E-state index contributed by atoms with van der Waals surface area (Å²) in [5.74, 6) is 0.700. The lowest BCUT2D eigenvalue weighted by molar-refractivity contribution is 0.0935. The number of rotatable bonds is 5. The Bertz CT molecular complexity index is 898. The van der Waals surface area contributed by atoms with Gasteiger partial charge in [-0.1, -0.05) is 35.9 Å². The molecule has 0 amide bonds. The van der Waals surface area contributed by atoms with Crippen LogP contribution in [-0.4, -0.2) is 19.9 Å². The van der Waals surface area contributed by atoms with E-state index in [-0.39, 0.29) is 23.5 Å². The largest absolute Gasteiger partial charge is 0.461 e. The molecule has 1 aromatic heterocycles. The Kier molecular flexibility index (Phi) is 4.33. The molecule has 132 valence electrons. The molecule has 0 unspecified atom stereocenters. The van der Waals surface area contributed by atoms with E-state index < -0.39 is 0 Å². The van der Waals surface area contributed by atoms with Crippen molar-refractivity contribution in [3.05, 3.63) is 88.8 Å².